The largest absolute Gasteiger partial charge is 0.344 e. The minimum atomic E-state index is -0.259. The van der Waals surface area contributed by atoms with E-state index in [2.05, 4.69) is 9.97 Å². The highest BCUT2D eigenvalue weighted by atomic mass is 35.5. The monoisotopic (exact) mass is 272 g/mol. The molecule has 0 atom stereocenters. The Morgan fingerprint density at radius 2 is 1.74 bits per heavy atom. The van der Waals surface area contributed by atoms with Crippen LogP contribution in [0.3, 0.4) is 0 Å². The molecule has 0 aliphatic rings. The molecule has 3 rings (SSSR count). The lowest BCUT2D eigenvalue weighted by atomic mass is 10.2. The second kappa shape index (κ2) is 4.86. The molecule has 0 unspecified atom stereocenters. The third-order valence-corrected chi connectivity index (χ3v) is 3.18. The van der Waals surface area contributed by atoms with Crippen molar-refractivity contribution in [1.82, 2.24) is 9.97 Å². The van der Waals surface area contributed by atoms with Crippen molar-refractivity contribution in [2.45, 2.75) is 0 Å². The fourth-order valence-corrected chi connectivity index (χ4v) is 2.11. The van der Waals surface area contributed by atoms with Crippen molar-refractivity contribution in [3.63, 3.8) is 0 Å². The van der Waals surface area contributed by atoms with E-state index in [0.717, 1.165) is 16.8 Å². The SMILES string of the molecule is Fc1ccc(-c2c[nH]c(-c3ccccc3Cl)n2)cc1. The molecule has 2 aromatic carbocycles. The number of hydrogen-bond acceptors (Lipinski definition) is 1. The highest BCUT2D eigenvalue weighted by Gasteiger charge is 2.08. The van der Waals surface area contributed by atoms with E-state index >= 15 is 0 Å². The standard InChI is InChI=1S/C15H10ClFN2/c16-13-4-2-1-3-12(13)15-18-9-14(19-15)10-5-7-11(17)8-6-10/h1-9H,(H,18,19). The molecule has 0 bridgehead atoms. The molecule has 1 heterocycles. The first kappa shape index (κ1) is 11.9. The number of nitrogens with zero attached hydrogens (tertiary/aromatic N) is 1. The van der Waals surface area contributed by atoms with Gasteiger partial charge in [-0.2, -0.15) is 0 Å². The van der Waals surface area contributed by atoms with Crippen molar-refractivity contribution < 1.29 is 4.39 Å². The molecule has 0 amide bonds. The van der Waals surface area contributed by atoms with Gasteiger partial charge in [-0.05, 0) is 36.4 Å². The summed E-state index contributed by atoms with van der Waals surface area (Å²) in [6, 6.07) is 13.7. The van der Waals surface area contributed by atoms with Crippen LogP contribution < -0.4 is 0 Å². The zero-order valence-corrected chi connectivity index (χ0v) is 10.7. The third kappa shape index (κ3) is 2.37. The van der Waals surface area contributed by atoms with Gasteiger partial charge in [0.2, 0.25) is 0 Å². The Labute approximate surface area is 114 Å². The number of aromatic nitrogens is 2. The maximum Gasteiger partial charge on any atom is 0.139 e. The second-order valence-electron chi connectivity index (χ2n) is 4.12. The van der Waals surface area contributed by atoms with Gasteiger partial charge in [0, 0.05) is 17.3 Å². The van der Waals surface area contributed by atoms with Crippen LogP contribution >= 0.6 is 11.6 Å². The quantitative estimate of drug-likeness (QED) is 0.729. The van der Waals surface area contributed by atoms with E-state index in [4.69, 9.17) is 11.6 Å². The Kier molecular flexibility index (Phi) is 3.05. The minimum absolute atomic E-state index is 0.259. The number of benzene rings is 2. The highest BCUT2D eigenvalue weighted by molar-refractivity contribution is 6.33. The predicted molar refractivity (Wildman–Crippen MR) is 74.4 cm³/mol. The summed E-state index contributed by atoms with van der Waals surface area (Å²) < 4.78 is 12.9. The molecule has 4 heteroatoms. The normalized spacial score (nSPS) is 10.6. The molecule has 19 heavy (non-hydrogen) atoms. The van der Waals surface area contributed by atoms with Crippen LogP contribution in [0.4, 0.5) is 4.39 Å². The van der Waals surface area contributed by atoms with E-state index in [1.165, 1.54) is 12.1 Å². The highest BCUT2D eigenvalue weighted by Crippen LogP contribution is 2.27. The van der Waals surface area contributed by atoms with Crippen LogP contribution in [-0.4, -0.2) is 9.97 Å². The van der Waals surface area contributed by atoms with Crippen molar-refractivity contribution in [2.75, 3.05) is 0 Å². The van der Waals surface area contributed by atoms with E-state index < -0.39 is 0 Å². The van der Waals surface area contributed by atoms with Crippen LogP contribution in [0.15, 0.2) is 54.7 Å². The van der Waals surface area contributed by atoms with Crippen molar-refractivity contribution in [3.8, 4) is 22.6 Å². The zero-order valence-electron chi connectivity index (χ0n) is 9.90. The van der Waals surface area contributed by atoms with Gasteiger partial charge in [0.05, 0.1) is 10.7 Å². The fourth-order valence-electron chi connectivity index (χ4n) is 1.88. The van der Waals surface area contributed by atoms with Crippen molar-refractivity contribution in [3.05, 3.63) is 65.6 Å². The van der Waals surface area contributed by atoms with Crippen LogP contribution in [-0.2, 0) is 0 Å². The number of imidazole rings is 1. The van der Waals surface area contributed by atoms with E-state index in [-0.39, 0.29) is 5.82 Å². The van der Waals surface area contributed by atoms with Crippen LogP contribution in [0.5, 0.6) is 0 Å². The summed E-state index contributed by atoms with van der Waals surface area (Å²) in [4.78, 5) is 7.57. The first-order valence-corrected chi connectivity index (χ1v) is 6.18. The maximum absolute atomic E-state index is 12.9. The van der Waals surface area contributed by atoms with E-state index in [1.54, 1.807) is 18.3 Å². The first-order chi connectivity index (χ1) is 9.24. The molecule has 0 spiro atoms. The Morgan fingerprint density at radius 1 is 1.00 bits per heavy atom. The molecule has 0 saturated carbocycles. The number of aromatic amines is 1. The summed E-state index contributed by atoms with van der Waals surface area (Å²) in [5.74, 6) is 0.440. The Morgan fingerprint density at radius 3 is 2.47 bits per heavy atom. The predicted octanol–water partition coefficient (Wildman–Crippen LogP) is 4.54. The van der Waals surface area contributed by atoms with Gasteiger partial charge in [0.1, 0.15) is 11.6 Å². The minimum Gasteiger partial charge on any atom is -0.344 e. The van der Waals surface area contributed by atoms with E-state index in [9.17, 15) is 4.39 Å². The summed E-state index contributed by atoms with van der Waals surface area (Å²) in [5.41, 5.74) is 2.46. The topological polar surface area (TPSA) is 28.7 Å². The Bertz CT molecular complexity index is 704. The zero-order chi connectivity index (χ0) is 13.2. The van der Waals surface area contributed by atoms with Crippen LogP contribution in [0.2, 0.25) is 5.02 Å². The van der Waals surface area contributed by atoms with Crippen LogP contribution in [0.25, 0.3) is 22.6 Å². The number of H-pyrrole nitrogens is 1. The second-order valence-corrected chi connectivity index (χ2v) is 4.53. The molecule has 1 N–H and O–H groups in total. The molecule has 0 aliphatic carbocycles. The van der Waals surface area contributed by atoms with Crippen LogP contribution in [0, 0.1) is 5.82 Å². The Balaban J connectivity index is 2.00. The van der Waals surface area contributed by atoms with Gasteiger partial charge < -0.3 is 4.98 Å². The number of rotatable bonds is 2. The van der Waals surface area contributed by atoms with Gasteiger partial charge in [0.25, 0.3) is 0 Å². The third-order valence-electron chi connectivity index (χ3n) is 2.85. The van der Waals surface area contributed by atoms with Crippen molar-refractivity contribution >= 4 is 11.6 Å². The molecule has 0 radical (unpaired) electrons. The smallest absolute Gasteiger partial charge is 0.139 e. The molecule has 1 aromatic heterocycles. The lowest BCUT2D eigenvalue weighted by Gasteiger charge is -1.99. The molecular formula is C15H10ClFN2. The molecule has 0 fully saturated rings. The summed E-state index contributed by atoms with van der Waals surface area (Å²) >= 11 is 6.13. The summed E-state index contributed by atoms with van der Waals surface area (Å²) in [6.45, 7) is 0. The lowest BCUT2D eigenvalue weighted by molar-refractivity contribution is 0.628. The molecule has 94 valence electrons. The average molecular weight is 273 g/mol. The maximum atomic E-state index is 12.9. The van der Waals surface area contributed by atoms with Gasteiger partial charge in [-0.15, -0.1) is 0 Å². The van der Waals surface area contributed by atoms with Crippen molar-refractivity contribution in [2.24, 2.45) is 0 Å². The Hall–Kier alpha value is -2.13. The number of hydrogen-bond donors (Lipinski definition) is 1. The average Bonchev–Trinajstić information content (AvgIpc) is 2.89. The fraction of sp³-hybridized carbons (Fsp3) is 0. The molecule has 0 saturated heterocycles. The summed E-state index contributed by atoms with van der Waals surface area (Å²) in [6.07, 6.45) is 1.78. The first-order valence-electron chi connectivity index (χ1n) is 5.80. The number of nitrogens with one attached hydrogen (secondary N) is 1. The van der Waals surface area contributed by atoms with E-state index in [1.807, 2.05) is 24.3 Å². The summed E-state index contributed by atoms with van der Waals surface area (Å²) in [5, 5.41) is 0.641. The molecular weight excluding hydrogens is 263 g/mol. The van der Waals surface area contributed by atoms with Gasteiger partial charge in [-0.3, -0.25) is 0 Å². The molecule has 3 aromatic rings. The summed E-state index contributed by atoms with van der Waals surface area (Å²) in [7, 11) is 0. The van der Waals surface area contributed by atoms with Gasteiger partial charge in [-0.1, -0.05) is 23.7 Å². The van der Waals surface area contributed by atoms with E-state index in [0.29, 0.717) is 10.8 Å². The van der Waals surface area contributed by atoms with Gasteiger partial charge in [-0.25, -0.2) is 9.37 Å². The van der Waals surface area contributed by atoms with Crippen LogP contribution in [0.1, 0.15) is 0 Å². The number of halogens is 2. The molecule has 2 nitrogen and oxygen atoms in total. The van der Waals surface area contributed by atoms with Crippen molar-refractivity contribution in [1.29, 1.82) is 0 Å². The molecule has 0 aliphatic heterocycles. The lowest BCUT2D eigenvalue weighted by Crippen LogP contribution is -1.82. The van der Waals surface area contributed by atoms with Gasteiger partial charge in [0.15, 0.2) is 0 Å². The van der Waals surface area contributed by atoms with Gasteiger partial charge >= 0.3 is 0 Å².